The Morgan fingerprint density at radius 2 is 1.68 bits per heavy atom. The fourth-order valence-electron chi connectivity index (χ4n) is 3.47. The zero-order valence-electron chi connectivity index (χ0n) is 17.4. The van der Waals surface area contributed by atoms with Gasteiger partial charge in [0.2, 0.25) is 11.8 Å². The molecule has 0 spiro atoms. The van der Waals surface area contributed by atoms with Crippen LogP contribution >= 0.6 is 0 Å². The first-order valence-electron chi connectivity index (χ1n) is 10.4. The van der Waals surface area contributed by atoms with E-state index in [-0.39, 0.29) is 18.4 Å². The lowest BCUT2D eigenvalue weighted by Crippen LogP contribution is -2.54. The molecule has 2 N–H and O–H groups in total. The van der Waals surface area contributed by atoms with Gasteiger partial charge in [-0.05, 0) is 26.2 Å². The second-order valence-electron chi connectivity index (χ2n) is 7.22. The van der Waals surface area contributed by atoms with E-state index in [4.69, 9.17) is 4.74 Å². The van der Waals surface area contributed by atoms with Crippen molar-refractivity contribution in [3.05, 3.63) is 0 Å². The predicted octanol–water partition coefficient (Wildman–Crippen LogP) is -0.655. The smallest absolute Gasteiger partial charge is 0.241 e. The number of nitrogens with zero attached hydrogens (tertiary/aromatic N) is 4. The van der Waals surface area contributed by atoms with E-state index in [1.807, 2.05) is 11.8 Å². The van der Waals surface area contributed by atoms with Gasteiger partial charge in [-0.3, -0.25) is 14.5 Å². The van der Waals surface area contributed by atoms with E-state index in [1.54, 1.807) is 7.11 Å². The van der Waals surface area contributed by atoms with Gasteiger partial charge in [0.1, 0.15) is 6.54 Å². The Hall–Kier alpha value is -1.87. The van der Waals surface area contributed by atoms with E-state index in [2.05, 4.69) is 25.4 Å². The van der Waals surface area contributed by atoms with Crippen molar-refractivity contribution in [1.82, 2.24) is 25.3 Å². The van der Waals surface area contributed by atoms with Crippen LogP contribution in [-0.4, -0.2) is 112 Å². The molecular formula is C19H36N6O3. The summed E-state index contributed by atoms with van der Waals surface area (Å²) >= 11 is 0. The lowest BCUT2D eigenvalue weighted by atomic mass is 10.1. The summed E-state index contributed by atoms with van der Waals surface area (Å²) in [5.74, 6) is 0.895. The lowest BCUT2D eigenvalue weighted by molar-refractivity contribution is -0.133. The molecule has 9 heteroatoms. The molecule has 2 fully saturated rings. The van der Waals surface area contributed by atoms with Gasteiger partial charge in [0.15, 0.2) is 5.96 Å². The van der Waals surface area contributed by atoms with Gasteiger partial charge in [-0.15, -0.1) is 0 Å². The van der Waals surface area contributed by atoms with Gasteiger partial charge in [0, 0.05) is 59.5 Å². The number of hydrogen-bond acceptors (Lipinski definition) is 5. The molecule has 2 aliphatic rings. The SMILES string of the molecule is CCNC(=NCC(=O)NCCOC)N1CCN(CC(=O)N2CCCCC2)CC1. The zero-order chi connectivity index (χ0) is 20.2. The second kappa shape index (κ2) is 12.6. The molecule has 0 aromatic rings. The second-order valence-corrected chi connectivity index (χ2v) is 7.22. The quantitative estimate of drug-likeness (QED) is 0.322. The molecule has 2 rings (SSSR count). The highest BCUT2D eigenvalue weighted by Gasteiger charge is 2.24. The molecule has 2 aliphatic heterocycles. The minimum Gasteiger partial charge on any atom is -0.383 e. The highest BCUT2D eigenvalue weighted by molar-refractivity contribution is 5.85. The summed E-state index contributed by atoms with van der Waals surface area (Å²) in [6.07, 6.45) is 3.49. The molecule has 2 amide bonds. The predicted molar refractivity (Wildman–Crippen MR) is 109 cm³/mol. The molecule has 0 atom stereocenters. The van der Waals surface area contributed by atoms with E-state index >= 15 is 0 Å². The fraction of sp³-hybridized carbons (Fsp3) is 0.842. The highest BCUT2D eigenvalue weighted by Crippen LogP contribution is 2.10. The zero-order valence-corrected chi connectivity index (χ0v) is 17.4. The van der Waals surface area contributed by atoms with Crippen molar-refractivity contribution in [3.63, 3.8) is 0 Å². The van der Waals surface area contributed by atoms with Crippen LogP contribution in [0.15, 0.2) is 4.99 Å². The minimum absolute atomic E-state index is 0.0969. The molecule has 28 heavy (non-hydrogen) atoms. The first-order chi connectivity index (χ1) is 13.6. The van der Waals surface area contributed by atoms with Crippen molar-refractivity contribution in [2.75, 3.05) is 79.2 Å². The molecule has 2 saturated heterocycles. The maximum absolute atomic E-state index is 12.5. The average Bonchev–Trinajstić information content (AvgIpc) is 2.72. The van der Waals surface area contributed by atoms with Gasteiger partial charge in [-0.25, -0.2) is 4.99 Å². The largest absolute Gasteiger partial charge is 0.383 e. The normalized spacial score (nSPS) is 18.9. The van der Waals surface area contributed by atoms with E-state index in [9.17, 15) is 9.59 Å². The maximum atomic E-state index is 12.5. The summed E-state index contributed by atoms with van der Waals surface area (Å²) in [7, 11) is 1.60. The Morgan fingerprint density at radius 3 is 2.32 bits per heavy atom. The van der Waals surface area contributed by atoms with Crippen molar-refractivity contribution in [3.8, 4) is 0 Å². The Morgan fingerprint density at radius 1 is 0.964 bits per heavy atom. The van der Waals surface area contributed by atoms with Crippen LogP contribution in [0.25, 0.3) is 0 Å². The van der Waals surface area contributed by atoms with Crippen molar-refractivity contribution in [2.24, 2.45) is 4.99 Å². The van der Waals surface area contributed by atoms with Crippen LogP contribution in [0.3, 0.4) is 0 Å². The van der Waals surface area contributed by atoms with Crippen LogP contribution in [0.1, 0.15) is 26.2 Å². The van der Waals surface area contributed by atoms with E-state index in [0.717, 1.165) is 64.6 Å². The van der Waals surface area contributed by atoms with Gasteiger partial charge < -0.3 is 25.2 Å². The van der Waals surface area contributed by atoms with Crippen LogP contribution < -0.4 is 10.6 Å². The van der Waals surface area contributed by atoms with Gasteiger partial charge in [-0.2, -0.15) is 0 Å². The number of aliphatic imine (C=N–C) groups is 1. The summed E-state index contributed by atoms with van der Waals surface area (Å²) in [5.41, 5.74) is 0. The van der Waals surface area contributed by atoms with Gasteiger partial charge in [-0.1, -0.05) is 0 Å². The molecule has 0 unspecified atom stereocenters. The molecule has 0 saturated carbocycles. The Kier molecular flexibility index (Phi) is 10.1. The molecule has 0 aromatic carbocycles. The van der Waals surface area contributed by atoms with E-state index in [1.165, 1.54) is 6.42 Å². The Balaban J connectivity index is 1.76. The summed E-state index contributed by atoms with van der Waals surface area (Å²) in [6.45, 7) is 9.40. The van der Waals surface area contributed by atoms with E-state index in [0.29, 0.717) is 19.7 Å². The first-order valence-corrected chi connectivity index (χ1v) is 10.4. The Bertz CT molecular complexity index is 514. The molecule has 160 valence electrons. The summed E-state index contributed by atoms with van der Waals surface area (Å²) in [4.78, 5) is 35.2. The topological polar surface area (TPSA) is 89.5 Å². The molecule has 0 aromatic heterocycles. The van der Waals surface area contributed by atoms with Crippen LogP contribution in [0, 0.1) is 0 Å². The minimum atomic E-state index is -0.113. The van der Waals surface area contributed by atoms with Crippen molar-refractivity contribution in [2.45, 2.75) is 26.2 Å². The highest BCUT2D eigenvalue weighted by atomic mass is 16.5. The monoisotopic (exact) mass is 396 g/mol. The van der Waals surface area contributed by atoms with Crippen LogP contribution in [0.4, 0.5) is 0 Å². The average molecular weight is 397 g/mol. The molecule has 0 bridgehead atoms. The van der Waals surface area contributed by atoms with Crippen LogP contribution in [0.5, 0.6) is 0 Å². The number of likely N-dealkylation sites (tertiary alicyclic amines) is 1. The van der Waals surface area contributed by atoms with Crippen molar-refractivity contribution in [1.29, 1.82) is 0 Å². The third-order valence-corrected chi connectivity index (χ3v) is 5.08. The summed E-state index contributed by atoms with van der Waals surface area (Å²) in [6, 6.07) is 0. The Labute approximate surface area is 168 Å². The lowest BCUT2D eigenvalue weighted by Gasteiger charge is -2.37. The number of hydrogen-bond donors (Lipinski definition) is 2. The molecule has 9 nitrogen and oxygen atoms in total. The standard InChI is InChI=1S/C19H36N6O3/c1-3-20-19(22-15-17(26)21-7-14-28-2)25-12-10-23(11-13-25)16-18(27)24-8-5-4-6-9-24/h3-16H2,1-2H3,(H,20,22)(H,21,26). The summed E-state index contributed by atoms with van der Waals surface area (Å²) in [5, 5.41) is 6.04. The maximum Gasteiger partial charge on any atom is 0.241 e. The first kappa shape index (κ1) is 22.4. The van der Waals surface area contributed by atoms with E-state index < -0.39 is 0 Å². The van der Waals surface area contributed by atoms with Crippen molar-refractivity contribution < 1.29 is 14.3 Å². The molecule has 0 aliphatic carbocycles. The number of carbonyl (C=O) groups excluding carboxylic acids is 2. The number of guanidine groups is 1. The number of piperazine rings is 1. The van der Waals surface area contributed by atoms with Crippen LogP contribution in [0.2, 0.25) is 0 Å². The number of piperidine rings is 1. The van der Waals surface area contributed by atoms with Gasteiger partial charge >= 0.3 is 0 Å². The van der Waals surface area contributed by atoms with Gasteiger partial charge in [0.25, 0.3) is 0 Å². The number of amides is 2. The molecule has 0 radical (unpaired) electrons. The molecule has 2 heterocycles. The third-order valence-electron chi connectivity index (χ3n) is 5.08. The van der Waals surface area contributed by atoms with Crippen molar-refractivity contribution >= 4 is 17.8 Å². The number of nitrogens with one attached hydrogen (secondary N) is 2. The third kappa shape index (κ3) is 7.63. The summed E-state index contributed by atoms with van der Waals surface area (Å²) < 4.78 is 4.92. The van der Waals surface area contributed by atoms with Gasteiger partial charge in [0.05, 0.1) is 13.2 Å². The fourth-order valence-corrected chi connectivity index (χ4v) is 3.47. The molecular weight excluding hydrogens is 360 g/mol. The number of ether oxygens (including phenoxy) is 1. The van der Waals surface area contributed by atoms with Crippen LogP contribution in [-0.2, 0) is 14.3 Å². The number of carbonyl (C=O) groups is 2. The number of rotatable bonds is 8. The number of methoxy groups -OCH3 is 1.